The van der Waals surface area contributed by atoms with Crippen LogP contribution in [0.15, 0.2) is 146 Å². The molecule has 0 radical (unpaired) electrons. The van der Waals surface area contributed by atoms with Crippen LogP contribution in [0.5, 0.6) is 0 Å². The summed E-state index contributed by atoms with van der Waals surface area (Å²) in [4.78, 5) is 60.1. The minimum atomic E-state index is -1.11. The molecular formula is C51H57N3O7S. The van der Waals surface area contributed by atoms with Gasteiger partial charge in [-0.25, -0.2) is 14.4 Å². The van der Waals surface area contributed by atoms with Crippen molar-refractivity contribution in [2.24, 2.45) is 5.92 Å². The number of nitrogens with one attached hydrogen (secondary N) is 1. The molecule has 3 amide bonds. The van der Waals surface area contributed by atoms with E-state index < -0.39 is 58.5 Å². The molecule has 5 aromatic carbocycles. The highest BCUT2D eigenvalue weighted by Crippen LogP contribution is 2.48. The molecule has 0 bridgehead atoms. The zero-order valence-electron chi connectivity index (χ0n) is 36.4. The van der Waals surface area contributed by atoms with Gasteiger partial charge in [-0.15, -0.1) is 11.8 Å². The van der Waals surface area contributed by atoms with E-state index in [-0.39, 0.29) is 31.9 Å². The molecule has 11 heteroatoms. The summed E-state index contributed by atoms with van der Waals surface area (Å²) in [5.41, 5.74) is 4.86. The molecule has 0 aliphatic carbocycles. The maximum absolute atomic E-state index is 15.2. The van der Waals surface area contributed by atoms with Gasteiger partial charge in [0, 0.05) is 25.3 Å². The number of methoxy groups -OCH3 is 1. The monoisotopic (exact) mass is 855 g/mol. The number of amides is 3. The first-order chi connectivity index (χ1) is 29.8. The lowest BCUT2D eigenvalue weighted by atomic mass is 9.84. The van der Waals surface area contributed by atoms with Crippen molar-refractivity contribution >= 4 is 35.8 Å². The Morgan fingerprint density at radius 2 is 1.24 bits per heavy atom. The fraction of sp³-hybridized carbons (Fsp3) is 0.333. The Bertz CT molecular complexity index is 2150. The van der Waals surface area contributed by atoms with E-state index in [1.807, 2.05) is 123 Å². The van der Waals surface area contributed by atoms with Gasteiger partial charge in [0.2, 0.25) is 5.91 Å². The second-order valence-corrected chi connectivity index (χ2v) is 18.0. The fourth-order valence-electron chi connectivity index (χ4n) is 8.00. The summed E-state index contributed by atoms with van der Waals surface area (Å²) >= 11 is 1.61. The molecule has 1 heterocycles. The Hall–Kier alpha value is -6.07. The summed E-state index contributed by atoms with van der Waals surface area (Å²) in [6.45, 7) is 9.06. The predicted molar refractivity (Wildman–Crippen MR) is 243 cm³/mol. The lowest BCUT2D eigenvalue weighted by molar-refractivity contribution is -0.156. The molecule has 1 N–H and O–H groups in total. The Kier molecular flexibility index (Phi) is 15.1. The summed E-state index contributed by atoms with van der Waals surface area (Å²) in [7, 11) is 1.31. The average Bonchev–Trinajstić information content (AvgIpc) is 3.28. The third-order valence-electron chi connectivity index (χ3n) is 10.8. The van der Waals surface area contributed by atoms with Gasteiger partial charge in [0.1, 0.15) is 24.3 Å². The molecule has 10 nitrogen and oxygen atoms in total. The number of benzene rings is 5. The van der Waals surface area contributed by atoms with Crippen molar-refractivity contribution in [1.82, 2.24) is 15.1 Å². The number of carbonyl (C=O) groups excluding carboxylic acids is 4. The Morgan fingerprint density at radius 3 is 1.74 bits per heavy atom. The molecule has 324 valence electrons. The van der Waals surface area contributed by atoms with E-state index in [2.05, 4.69) is 41.7 Å². The molecule has 0 unspecified atom stereocenters. The van der Waals surface area contributed by atoms with Crippen LogP contribution in [-0.4, -0.2) is 77.0 Å². The summed E-state index contributed by atoms with van der Waals surface area (Å²) in [5, 5.41) is 3.09. The molecule has 1 aliphatic rings. The summed E-state index contributed by atoms with van der Waals surface area (Å²) in [6, 6.07) is 44.8. The van der Waals surface area contributed by atoms with Gasteiger partial charge in [-0.1, -0.05) is 159 Å². The quantitative estimate of drug-likeness (QED) is 0.0630. The van der Waals surface area contributed by atoms with Crippen LogP contribution in [-0.2, 0) is 48.1 Å². The second kappa shape index (κ2) is 20.7. The SMILES string of the molecule is COC(=O)[C@@H]1Cc2ccccc2CN1C(=O)[C@H](C(C)C)N(C[C@H](CSC(c1ccccc1)(c1ccccc1)c1ccccc1)NC(=O)OC(C)(C)C)C(=O)OCc1ccccc1. The number of carbonyl (C=O) groups is 4. The molecule has 0 saturated carbocycles. The van der Waals surface area contributed by atoms with Crippen molar-refractivity contribution < 1.29 is 33.4 Å². The summed E-state index contributed by atoms with van der Waals surface area (Å²) < 4.78 is 16.3. The van der Waals surface area contributed by atoms with E-state index in [1.165, 1.54) is 16.9 Å². The number of rotatable bonds is 15. The first kappa shape index (κ1) is 45.5. The maximum Gasteiger partial charge on any atom is 0.410 e. The molecule has 5 aromatic rings. The Morgan fingerprint density at radius 1 is 0.742 bits per heavy atom. The van der Waals surface area contributed by atoms with Gasteiger partial charge in [0.25, 0.3) is 0 Å². The van der Waals surface area contributed by atoms with Crippen molar-refractivity contribution in [1.29, 1.82) is 0 Å². The van der Waals surface area contributed by atoms with Crippen LogP contribution in [0.25, 0.3) is 0 Å². The van der Waals surface area contributed by atoms with E-state index in [0.717, 1.165) is 33.4 Å². The van der Waals surface area contributed by atoms with Crippen molar-refractivity contribution in [3.05, 3.63) is 179 Å². The molecule has 0 saturated heterocycles. The summed E-state index contributed by atoms with van der Waals surface area (Å²) in [6.07, 6.45) is -1.15. The van der Waals surface area contributed by atoms with E-state index in [4.69, 9.17) is 14.2 Å². The topological polar surface area (TPSA) is 114 Å². The largest absolute Gasteiger partial charge is 0.467 e. The van der Waals surface area contributed by atoms with Crippen molar-refractivity contribution in [3.63, 3.8) is 0 Å². The third-order valence-corrected chi connectivity index (χ3v) is 12.6. The third kappa shape index (κ3) is 11.1. The number of hydrogen-bond donors (Lipinski definition) is 1. The highest BCUT2D eigenvalue weighted by molar-refractivity contribution is 8.00. The highest BCUT2D eigenvalue weighted by atomic mass is 32.2. The van der Waals surface area contributed by atoms with Crippen molar-refractivity contribution in [2.75, 3.05) is 19.4 Å². The van der Waals surface area contributed by atoms with Gasteiger partial charge in [0.05, 0.1) is 17.9 Å². The van der Waals surface area contributed by atoms with Crippen LogP contribution in [0.2, 0.25) is 0 Å². The molecule has 0 aromatic heterocycles. The number of esters is 1. The Balaban J connectivity index is 1.44. The molecule has 0 fully saturated rings. The van der Waals surface area contributed by atoms with Gasteiger partial charge in [-0.05, 0) is 60.1 Å². The number of hydrogen-bond acceptors (Lipinski definition) is 8. The Labute approximate surface area is 369 Å². The lowest BCUT2D eigenvalue weighted by Crippen LogP contribution is -2.60. The molecule has 6 rings (SSSR count). The number of ether oxygens (including phenoxy) is 3. The van der Waals surface area contributed by atoms with Gasteiger partial charge in [0.15, 0.2) is 0 Å². The lowest BCUT2D eigenvalue weighted by Gasteiger charge is -2.42. The van der Waals surface area contributed by atoms with Crippen LogP contribution in [0.1, 0.15) is 68.0 Å². The van der Waals surface area contributed by atoms with E-state index in [0.29, 0.717) is 0 Å². The number of nitrogens with zero attached hydrogens (tertiary/aromatic N) is 2. The highest BCUT2D eigenvalue weighted by Gasteiger charge is 2.44. The van der Waals surface area contributed by atoms with Gasteiger partial charge in [-0.3, -0.25) is 9.69 Å². The standard InChI is InChI=1S/C51H57N3O7S/c1-36(2)45(46(55)53-32-39-24-20-19-23-38(39)31-44(53)47(56)59-6)54(49(58)60-34-37-21-11-7-12-22-37)33-43(52-48(57)61-50(3,4)5)35-62-51(40-25-13-8-14-26-40,41-27-15-9-16-28-41)42-29-17-10-18-30-42/h7-30,36,43-45H,31-35H2,1-6H3,(H,52,57)/t43-,44+,45+/m1/s1. The average molecular weight is 856 g/mol. The van der Waals surface area contributed by atoms with Gasteiger partial charge in [-0.2, -0.15) is 0 Å². The van der Waals surface area contributed by atoms with Crippen LogP contribution >= 0.6 is 11.8 Å². The van der Waals surface area contributed by atoms with Gasteiger partial charge < -0.3 is 24.4 Å². The van der Waals surface area contributed by atoms with Crippen molar-refractivity contribution in [3.8, 4) is 0 Å². The van der Waals surface area contributed by atoms with Crippen molar-refractivity contribution in [2.45, 2.75) is 82.7 Å². The molecule has 3 atom stereocenters. The fourth-order valence-corrected chi connectivity index (χ4v) is 9.55. The molecule has 62 heavy (non-hydrogen) atoms. The predicted octanol–water partition coefficient (Wildman–Crippen LogP) is 9.39. The minimum Gasteiger partial charge on any atom is -0.467 e. The number of fused-ring (bicyclic) bond motifs is 1. The van der Waals surface area contributed by atoms with Crippen LogP contribution < -0.4 is 5.32 Å². The van der Waals surface area contributed by atoms with E-state index >= 15 is 4.79 Å². The molecule has 0 spiro atoms. The number of thioether (sulfide) groups is 1. The first-order valence-electron chi connectivity index (χ1n) is 21.0. The van der Waals surface area contributed by atoms with Gasteiger partial charge >= 0.3 is 18.2 Å². The number of alkyl carbamates (subject to hydrolysis) is 1. The minimum absolute atomic E-state index is 0.0465. The van der Waals surface area contributed by atoms with Crippen LogP contribution in [0.3, 0.4) is 0 Å². The normalized spacial score (nSPS) is 14.8. The summed E-state index contributed by atoms with van der Waals surface area (Å²) in [5.74, 6) is -1.17. The first-order valence-corrected chi connectivity index (χ1v) is 22.0. The van der Waals surface area contributed by atoms with Crippen LogP contribution in [0, 0.1) is 5.92 Å². The maximum atomic E-state index is 15.2. The van der Waals surface area contributed by atoms with E-state index in [1.54, 1.807) is 32.5 Å². The van der Waals surface area contributed by atoms with Crippen LogP contribution in [0.4, 0.5) is 9.59 Å². The molecule has 1 aliphatic heterocycles. The smallest absolute Gasteiger partial charge is 0.410 e. The zero-order valence-corrected chi connectivity index (χ0v) is 37.2. The second-order valence-electron chi connectivity index (χ2n) is 16.8. The zero-order chi connectivity index (χ0) is 44.3. The molecular weight excluding hydrogens is 799 g/mol. The van der Waals surface area contributed by atoms with E-state index in [9.17, 15) is 14.4 Å².